The predicted molar refractivity (Wildman–Crippen MR) is 117 cm³/mol. The first-order chi connectivity index (χ1) is 15.0. The van der Waals surface area contributed by atoms with Crippen molar-refractivity contribution in [3.63, 3.8) is 0 Å². The number of nitrogens with zero attached hydrogens (tertiary/aromatic N) is 1. The molecule has 4 rings (SSSR count). The molecule has 1 heterocycles. The van der Waals surface area contributed by atoms with Crippen LogP contribution in [0.5, 0.6) is 0 Å². The van der Waals surface area contributed by atoms with Gasteiger partial charge in [0.25, 0.3) is 5.91 Å². The number of aryl methyl sites for hydroxylation is 1. The van der Waals surface area contributed by atoms with Crippen molar-refractivity contribution in [2.24, 2.45) is 5.92 Å². The number of carbonyl (C=O) groups excluding carboxylic acids is 3. The topological polar surface area (TPSA) is 75.7 Å². The number of hydrogen-bond donors (Lipinski definition) is 1. The van der Waals surface area contributed by atoms with Crippen LogP contribution < -0.4 is 5.32 Å². The summed E-state index contributed by atoms with van der Waals surface area (Å²) >= 11 is 0. The molecule has 1 aliphatic carbocycles. The Kier molecular flexibility index (Phi) is 6.35. The molecule has 6 heteroatoms. The number of amides is 2. The SMILES string of the molecule is Cc1ccc(NC(=O)[C@@H](OC(=O)[C@@H]2CC(=O)N(C3CCCC3)C2)c2ccccc2)cc1. The number of anilines is 1. The molecular formula is C25H28N2O4. The summed E-state index contributed by atoms with van der Waals surface area (Å²) in [6.07, 6.45) is 3.32. The third-order valence-corrected chi connectivity index (χ3v) is 6.15. The first-order valence-corrected chi connectivity index (χ1v) is 10.9. The van der Waals surface area contributed by atoms with Gasteiger partial charge in [-0.1, -0.05) is 60.9 Å². The minimum absolute atomic E-state index is 0.00854. The number of hydrogen-bond acceptors (Lipinski definition) is 4. The van der Waals surface area contributed by atoms with Crippen molar-refractivity contribution >= 4 is 23.5 Å². The molecule has 1 aliphatic heterocycles. The second kappa shape index (κ2) is 9.33. The predicted octanol–water partition coefficient (Wildman–Crippen LogP) is 4.01. The molecule has 0 bridgehead atoms. The summed E-state index contributed by atoms with van der Waals surface area (Å²) < 4.78 is 5.71. The third kappa shape index (κ3) is 4.95. The number of ether oxygens (including phenoxy) is 1. The molecule has 0 radical (unpaired) electrons. The van der Waals surface area contributed by atoms with Crippen LogP contribution >= 0.6 is 0 Å². The Morgan fingerprint density at radius 2 is 1.71 bits per heavy atom. The van der Waals surface area contributed by atoms with E-state index < -0.39 is 23.9 Å². The number of likely N-dealkylation sites (tertiary alicyclic amines) is 1. The minimum Gasteiger partial charge on any atom is -0.447 e. The molecular weight excluding hydrogens is 392 g/mol. The van der Waals surface area contributed by atoms with E-state index in [9.17, 15) is 14.4 Å². The van der Waals surface area contributed by atoms with Gasteiger partial charge in [-0.2, -0.15) is 0 Å². The van der Waals surface area contributed by atoms with Crippen LogP contribution in [0.1, 0.15) is 49.3 Å². The molecule has 2 aromatic rings. The monoisotopic (exact) mass is 420 g/mol. The summed E-state index contributed by atoms with van der Waals surface area (Å²) in [7, 11) is 0. The Morgan fingerprint density at radius 3 is 2.39 bits per heavy atom. The Bertz CT molecular complexity index is 936. The molecule has 2 fully saturated rings. The van der Waals surface area contributed by atoms with E-state index >= 15 is 0 Å². The molecule has 6 nitrogen and oxygen atoms in total. The highest BCUT2D eigenvalue weighted by Gasteiger charge is 2.40. The van der Waals surface area contributed by atoms with E-state index in [0.29, 0.717) is 17.8 Å². The van der Waals surface area contributed by atoms with Crippen molar-refractivity contribution in [3.05, 3.63) is 65.7 Å². The fourth-order valence-electron chi connectivity index (χ4n) is 4.42. The minimum atomic E-state index is -1.08. The molecule has 2 aliphatic rings. The zero-order valence-electron chi connectivity index (χ0n) is 17.8. The summed E-state index contributed by atoms with van der Waals surface area (Å²) in [5.41, 5.74) is 2.32. The number of nitrogens with one attached hydrogen (secondary N) is 1. The van der Waals surface area contributed by atoms with Crippen LogP contribution in [-0.4, -0.2) is 35.3 Å². The van der Waals surface area contributed by atoms with Gasteiger partial charge in [-0.25, -0.2) is 0 Å². The van der Waals surface area contributed by atoms with Crippen LogP contribution in [0.2, 0.25) is 0 Å². The van der Waals surface area contributed by atoms with Crippen molar-refractivity contribution in [2.45, 2.75) is 51.2 Å². The number of benzene rings is 2. The van der Waals surface area contributed by atoms with Gasteiger partial charge in [-0.05, 0) is 31.9 Å². The van der Waals surface area contributed by atoms with E-state index in [1.54, 1.807) is 24.3 Å². The molecule has 1 saturated heterocycles. The maximum atomic E-state index is 13.0. The second-order valence-electron chi connectivity index (χ2n) is 8.47. The smallest absolute Gasteiger partial charge is 0.312 e. The Labute approximate surface area is 182 Å². The number of carbonyl (C=O) groups is 3. The van der Waals surface area contributed by atoms with Gasteiger partial charge >= 0.3 is 5.97 Å². The van der Waals surface area contributed by atoms with Crippen LogP contribution in [-0.2, 0) is 19.1 Å². The van der Waals surface area contributed by atoms with Crippen molar-refractivity contribution in [1.29, 1.82) is 0 Å². The lowest BCUT2D eigenvalue weighted by molar-refractivity contribution is -0.158. The molecule has 2 amide bonds. The highest BCUT2D eigenvalue weighted by atomic mass is 16.5. The summed E-state index contributed by atoms with van der Waals surface area (Å²) in [4.78, 5) is 40.3. The maximum Gasteiger partial charge on any atom is 0.312 e. The van der Waals surface area contributed by atoms with Gasteiger partial charge in [-0.3, -0.25) is 14.4 Å². The molecule has 162 valence electrons. The molecule has 0 unspecified atom stereocenters. The van der Waals surface area contributed by atoms with Crippen molar-refractivity contribution in [1.82, 2.24) is 4.90 Å². The molecule has 2 aromatic carbocycles. The van der Waals surface area contributed by atoms with Gasteiger partial charge < -0.3 is 15.0 Å². The average molecular weight is 421 g/mol. The summed E-state index contributed by atoms with van der Waals surface area (Å²) in [6, 6.07) is 16.6. The maximum absolute atomic E-state index is 13.0. The zero-order chi connectivity index (χ0) is 21.8. The summed E-state index contributed by atoms with van der Waals surface area (Å²) in [5.74, 6) is -1.44. The van der Waals surface area contributed by atoms with Crippen LogP contribution in [0.25, 0.3) is 0 Å². The van der Waals surface area contributed by atoms with Crippen molar-refractivity contribution in [2.75, 3.05) is 11.9 Å². The second-order valence-corrected chi connectivity index (χ2v) is 8.47. The largest absolute Gasteiger partial charge is 0.447 e. The van der Waals surface area contributed by atoms with Crippen molar-refractivity contribution < 1.29 is 19.1 Å². The van der Waals surface area contributed by atoms with E-state index in [2.05, 4.69) is 5.32 Å². The Morgan fingerprint density at radius 1 is 1.03 bits per heavy atom. The van der Waals surface area contributed by atoms with Crippen LogP contribution in [0.4, 0.5) is 5.69 Å². The average Bonchev–Trinajstić information content (AvgIpc) is 3.43. The van der Waals surface area contributed by atoms with E-state index in [0.717, 1.165) is 31.2 Å². The van der Waals surface area contributed by atoms with Gasteiger partial charge in [0.1, 0.15) is 0 Å². The van der Waals surface area contributed by atoms with Crippen molar-refractivity contribution in [3.8, 4) is 0 Å². The van der Waals surface area contributed by atoms with E-state index in [1.807, 2.05) is 42.2 Å². The van der Waals surface area contributed by atoms with Gasteiger partial charge in [0, 0.05) is 30.3 Å². The lowest BCUT2D eigenvalue weighted by Crippen LogP contribution is -2.35. The summed E-state index contributed by atoms with van der Waals surface area (Å²) in [6.45, 7) is 2.35. The van der Waals surface area contributed by atoms with E-state index in [-0.39, 0.29) is 18.4 Å². The van der Waals surface area contributed by atoms with Gasteiger partial charge in [0.15, 0.2) is 0 Å². The molecule has 0 aromatic heterocycles. The number of rotatable bonds is 6. The lowest BCUT2D eigenvalue weighted by Gasteiger charge is -2.24. The van der Waals surface area contributed by atoms with Crippen LogP contribution in [0.3, 0.4) is 0 Å². The Hall–Kier alpha value is -3.15. The van der Waals surface area contributed by atoms with Gasteiger partial charge in [0.05, 0.1) is 5.92 Å². The molecule has 1 N–H and O–H groups in total. The first kappa shape index (κ1) is 21.1. The number of esters is 1. The van der Waals surface area contributed by atoms with Crippen LogP contribution in [0.15, 0.2) is 54.6 Å². The quantitative estimate of drug-likeness (QED) is 0.717. The van der Waals surface area contributed by atoms with Gasteiger partial charge in [0.2, 0.25) is 12.0 Å². The summed E-state index contributed by atoms with van der Waals surface area (Å²) in [5, 5.41) is 2.83. The lowest BCUT2D eigenvalue weighted by atomic mass is 10.1. The molecule has 2 atom stereocenters. The van der Waals surface area contributed by atoms with E-state index in [1.165, 1.54) is 0 Å². The molecule has 0 spiro atoms. The zero-order valence-corrected chi connectivity index (χ0v) is 17.8. The standard InChI is InChI=1S/C25H28N2O4/c1-17-11-13-20(14-12-17)26-24(29)23(18-7-3-2-4-8-18)31-25(30)19-15-22(28)27(16-19)21-9-5-6-10-21/h2-4,7-8,11-14,19,21,23H,5-6,9-10,15-16H2,1H3,(H,26,29)/t19-,23+/m1/s1. The molecule has 31 heavy (non-hydrogen) atoms. The molecule has 1 saturated carbocycles. The highest BCUT2D eigenvalue weighted by Crippen LogP contribution is 2.31. The fraction of sp³-hybridized carbons (Fsp3) is 0.400. The van der Waals surface area contributed by atoms with E-state index in [4.69, 9.17) is 4.74 Å². The van der Waals surface area contributed by atoms with Crippen LogP contribution in [0, 0.1) is 12.8 Å². The fourth-order valence-corrected chi connectivity index (χ4v) is 4.42. The Balaban J connectivity index is 1.47. The first-order valence-electron chi connectivity index (χ1n) is 10.9. The normalized spacial score (nSPS) is 20.0. The third-order valence-electron chi connectivity index (χ3n) is 6.15. The van der Waals surface area contributed by atoms with Gasteiger partial charge in [-0.15, -0.1) is 0 Å². The highest BCUT2D eigenvalue weighted by molar-refractivity contribution is 5.96.